The summed E-state index contributed by atoms with van der Waals surface area (Å²) in [6.45, 7) is 4.76. The van der Waals surface area contributed by atoms with Crippen LogP contribution in [0.4, 0.5) is 5.69 Å². The number of rotatable bonds is 6. The normalized spacial score (nSPS) is 11.0. The molecule has 0 fully saturated rings. The first-order chi connectivity index (χ1) is 14.5. The Morgan fingerprint density at radius 1 is 1.00 bits per heavy atom. The van der Waals surface area contributed by atoms with Gasteiger partial charge in [-0.2, -0.15) is 0 Å². The molecule has 4 aromatic rings. The van der Waals surface area contributed by atoms with Gasteiger partial charge in [0.2, 0.25) is 5.91 Å². The highest BCUT2D eigenvalue weighted by molar-refractivity contribution is 8.00. The zero-order valence-electron chi connectivity index (χ0n) is 17.0. The smallest absolute Gasteiger partial charge is 0.234 e. The highest BCUT2D eigenvalue weighted by atomic mass is 35.5. The number of aromatic nitrogens is 1. The number of hydrogen-bond acceptors (Lipinski definition) is 2. The van der Waals surface area contributed by atoms with Gasteiger partial charge in [0.25, 0.3) is 0 Å². The highest BCUT2D eigenvalue weighted by Gasteiger charge is 2.12. The number of fused-ring (bicyclic) bond motifs is 1. The van der Waals surface area contributed by atoms with Crippen LogP contribution in [0, 0.1) is 13.8 Å². The minimum Gasteiger partial charge on any atom is -0.342 e. The van der Waals surface area contributed by atoms with Gasteiger partial charge in [-0.15, -0.1) is 11.8 Å². The molecule has 5 heteroatoms. The van der Waals surface area contributed by atoms with Crippen molar-refractivity contribution in [2.24, 2.45) is 0 Å². The van der Waals surface area contributed by atoms with Gasteiger partial charge in [-0.25, -0.2) is 0 Å². The van der Waals surface area contributed by atoms with Crippen LogP contribution in [0.1, 0.15) is 16.7 Å². The van der Waals surface area contributed by atoms with E-state index in [-0.39, 0.29) is 5.91 Å². The van der Waals surface area contributed by atoms with E-state index in [0.29, 0.717) is 12.3 Å². The molecule has 1 aromatic heterocycles. The van der Waals surface area contributed by atoms with Gasteiger partial charge >= 0.3 is 0 Å². The van der Waals surface area contributed by atoms with Crippen molar-refractivity contribution >= 4 is 45.9 Å². The Labute approximate surface area is 186 Å². The van der Waals surface area contributed by atoms with E-state index < -0.39 is 0 Å². The number of nitrogens with one attached hydrogen (secondary N) is 1. The maximum absolute atomic E-state index is 12.5. The second-order valence-corrected chi connectivity index (χ2v) is 8.87. The number of benzene rings is 3. The summed E-state index contributed by atoms with van der Waals surface area (Å²) in [7, 11) is 0. The third-order valence-electron chi connectivity index (χ3n) is 4.91. The van der Waals surface area contributed by atoms with Crippen LogP contribution >= 0.6 is 23.4 Å². The van der Waals surface area contributed by atoms with E-state index in [1.807, 2.05) is 62.4 Å². The summed E-state index contributed by atoms with van der Waals surface area (Å²) in [6, 6.07) is 22.2. The van der Waals surface area contributed by atoms with Crippen molar-refractivity contribution in [2.75, 3.05) is 11.1 Å². The molecule has 0 aliphatic carbocycles. The maximum atomic E-state index is 12.5. The SMILES string of the molecule is Cc1cc(C)cc(NC(=O)CSc2cn(Cc3ccccc3Cl)c3ccccc23)c1. The van der Waals surface area contributed by atoms with Crippen LogP contribution in [0.25, 0.3) is 10.9 Å². The van der Waals surface area contributed by atoms with Crippen LogP contribution in [0.5, 0.6) is 0 Å². The van der Waals surface area contributed by atoms with Crippen molar-refractivity contribution in [1.82, 2.24) is 4.57 Å². The molecule has 0 unspecified atom stereocenters. The first-order valence-corrected chi connectivity index (χ1v) is 11.2. The van der Waals surface area contributed by atoms with Crippen LogP contribution in [-0.2, 0) is 11.3 Å². The zero-order chi connectivity index (χ0) is 21.1. The van der Waals surface area contributed by atoms with Crippen molar-refractivity contribution in [1.29, 1.82) is 0 Å². The van der Waals surface area contributed by atoms with Gasteiger partial charge in [0, 0.05) is 39.3 Å². The number of aryl methyl sites for hydroxylation is 2. The molecule has 0 aliphatic heterocycles. The van der Waals surface area contributed by atoms with E-state index >= 15 is 0 Å². The Morgan fingerprint density at radius 3 is 2.47 bits per heavy atom. The molecule has 0 radical (unpaired) electrons. The molecule has 1 heterocycles. The number of para-hydroxylation sites is 1. The summed E-state index contributed by atoms with van der Waals surface area (Å²) < 4.78 is 2.20. The zero-order valence-corrected chi connectivity index (χ0v) is 18.6. The molecule has 3 aromatic carbocycles. The fourth-order valence-electron chi connectivity index (χ4n) is 3.66. The van der Waals surface area contributed by atoms with Gasteiger partial charge in [0.15, 0.2) is 0 Å². The quantitative estimate of drug-likeness (QED) is 0.343. The Balaban J connectivity index is 1.51. The van der Waals surface area contributed by atoms with Crippen molar-refractivity contribution in [2.45, 2.75) is 25.3 Å². The summed E-state index contributed by atoms with van der Waals surface area (Å²) >= 11 is 7.92. The Kier molecular flexibility index (Phi) is 6.16. The lowest BCUT2D eigenvalue weighted by Crippen LogP contribution is -2.14. The molecule has 3 nitrogen and oxygen atoms in total. The topological polar surface area (TPSA) is 34.0 Å². The first-order valence-electron chi connectivity index (χ1n) is 9.82. The molecule has 0 spiro atoms. The fourth-order valence-corrected chi connectivity index (χ4v) is 4.74. The fraction of sp³-hybridized carbons (Fsp3) is 0.160. The number of carbonyl (C=O) groups is 1. The largest absolute Gasteiger partial charge is 0.342 e. The summed E-state index contributed by atoms with van der Waals surface area (Å²) in [5, 5.41) is 4.92. The van der Waals surface area contributed by atoms with Gasteiger partial charge in [0.05, 0.1) is 5.75 Å². The summed E-state index contributed by atoms with van der Waals surface area (Å²) in [5.74, 6) is 0.348. The van der Waals surface area contributed by atoms with Gasteiger partial charge < -0.3 is 9.88 Å². The molecule has 0 atom stereocenters. The second-order valence-electron chi connectivity index (χ2n) is 7.44. The predicted molar refractivity (Wildman–Crippen MR) is 128 cm³/mol. The minimum absolute atomic E-state index is 0.00654. The lowest BCUT2D eigenvalue weighted by molar-refractivity contribution is -0.113. The second kappa shape index (κ2) is 8.99. The summed E-state index contributed by atoms with van der Waals surface area (Å²) in [5.41, 5.74) is 5.33. The van der Waals surface area contributed by atoms with Crippen molar-refractivity contribution in [3.63, 3.8) is 0 Å². The van der Waals surface area contributed by atoms with Gasteiger partial charge in [-0.05, 0) is 54.8 Å². The number of anilines is 1. The van der Waals surface area contributed by atoms with E-state index in [0.717, 1.165) is 43.2 Å². The van der Waals surface area contributed by atoms with Crippen molar-refractivity contribution in [3.8, 4) is 0 Å². The van der Waals surface area contributed by atoms with Crippen molar-refractivity contribution in [3.05, 3.63) is 94.6 Å². The van der Waals surface area contributed by atoms with E-state index in [9.17, 15) is 4.79 Å². The highest BCUT2D eigenvalue weighted by Crippen LogP contribution is 2.31. The van der Waals surface area contributed by atoms with E-state index in [1.165, 1.54) is 0 Å². The first kappa shape index (κ1) is 20.6. The number of halogens is 1. The third kappa shape index (κ3) is 4.72. The third-order valence-corrected chi connectivity index (χ3v) is 6.33. The average molecular weight is 435 g/mol. The molecule has 30 heavy (non-hydrogen) atoms. The molecule has 0 bridgehead atoms. The summed E-state index contributed by atoms with van der Waals surface area (Å²) in [4.78, 5) is 13.6. The molecule has 0 saturated carbocycles. The van der Waals surface area contributed by atoms with Crippen LogP contribution in [0.2, 0.25) is 5.02 Å². The van der Waals surface area contributed by atoms with Gasteiger partial charge in [-0.1, -0.05) is 54.1 Å². The molecule has 1 amide bonds. The number of nitrogens with zero attached hydrogens (tertiary/aromatic N) is 1. The number of hydrogen-bond donors (Lipinski definition) is 1. The number of thioether (sulfide) groups is 1. The Bertz CT molecular complexity index is 1190. The molecule has 0 saturated heterocycles. The van der Waals surface area contributed by atoms with Crippen LogP contribution in [0.15, 0.2) is 77.8 Å². The monoisotopic (exact) mass is 434 g/mol. The molecular formula is C25H23ClN2OS. The van der Waals surface area contributed by atoms with Crippen LogP contribution in [-0.4, -0.2) is 16.2 Å². The summed E-state index contributed by atoms with van der Waals surface area (Å²) in [6.07, 6.45) is 2.11. The number of amides is 1. The Morgan fingerprint density at radius 2 is 1.70 bits per heavy atom. The molecule has 152 valence electrons. The molecule has 4 rings (SSSR count). The van der Waals surface area contributed by atoms with E-state index in [1.54, 1.807) is 11.8 Å². The van der Waals surface area contributed by atoms with Crippen LogP contribution in [0.3, 0.4) is 0 Å². The predicted octanol–water partition coefficient (Wildman–Crippen LogP) is 6.69. The van der Waals surface area contributed by atoms with Crippen molar-refractivity contribution < 1.29 is 4.79 Å². The lowest BCUT2D eigenvalue weighted by atomic mass is 10.1. The average Bonchev–Trinajstić information content (AvgIpc) is 3.05. The molecule has 0 aliphatic rings. The van der Waals surface area contributed by atoms with E-state index in [4.69, 9.17) is 11.6 Å². The standard InChI is InChI=1S/C25H23ClN2OS/c1-17-11-18(2)13-20(12-17)27-25(29)16-30-24-15-28(23-10-6-4-8-21(23)24)14-19-7-3-5-9-22(19)26/h3-13,15H,14,16H2,1-2H3,(H,27,29). The lowest BCUT2D eigenvalue weighted by Gasteiger charge is -2.07. The van der Waals surface area contributed by atoms with Gasteiger partial charge in [0.1, 0.15) is 0 Å². The maximum Gasteiger partial charge on any atom is 0.234 e. The van der Waals surface area contributed by atoms with Gasteiger partial charge in [-0.3, -0.25) is 4.79 Å². The molecular weight excluding hydrogens is 412 g/mol. The minimum atomic E-state index is -0.00654. The molecule has 1 N–H and O–H groups in total. The van der Waals surface area contributed by atoms with Crippen LogP contribution < -0.4 is 5.32 Å². The number of carbonyl (C=O) groups excluding carboxylic acids is 1. The Hall–Kier alpha value is -2.69. The van der Waals surface area contributed by atoms with E-state index in [2.05, 4.69) is 34.3 Å².